The number of aryl methyl sites for hydroxylation is 1. The maximum Gasteiger partial charge on any atom is 0.308 e. The summed E-state index contributed by atoms with van der Waals surface area (Å²) in [6, 6.07) is 5.96. The number of aromatic amines is 1. The van der Waals surface area contributed by atoms with Crippen LogP contribution in [0, 0.1) is 5.92 Å². The van der Waals surface area contributed by atoms with Crippen molar-refractivity contribution in [1.82, 2.24) is 4.98 Å². The summed E-state index contributed by atoms with van der Waals surface area (Å²) in [5, 5.41) is 1.15. The zero-order chi connectivity index (χ0) is 14.5. The molecule has 0 spiro atoms. The normalized spacial score (nSPS) is 12.3. The number of aromatic nitrogens is 1. The molecule has 2 rings (SSSR count). The van der Waals surface area contributed by atoms with Gasteiger partial charge in [0, 0.05) is 17.1 Å². The Balaban J connectivity index is 2.08. The van der Waals surface area contributed by atoms with Gasteiger partial charge in [-0.15, -0.1) is 0 Å². The molecule has 1 aromatic carbocycles. The minimum absolute atomic E-state index is 0.0782. The number of benzene rings is 1. The van der Waals surface area contributed by atoms with Crippen LogP contribution in [-0.4, -0.2) is 24.7 Å². The van der Waals surface area contributed by atoms with E-state index in [4.69, 9.17) is 9.47 Å². The van der Waals surface area contributed by atoms with Crippen molar-refractivity contribution in [1.29, 1.82) is 0 Å². The maximum absolute atomic E-state index is 11.6. The Labute approximate surface area is 119 Å². The molecule has 1 unspecified atom stereocenters. The number of nitrogens with one attached hydrogen (secondary N) is 1. The first-order valence-electron chi connectivity index (χ1n) is 6.96. The summed E-state index contributed by atoms with van der Waals surface area (Å²) in [5.74, 6) is 0.646. The van der Waals surface area contributed by atoms with E-state index in [1.54, 1.807) is 7.11 Å². The van der Waals surface area contributed by atoms with E-state index < -0.39 is 0 Å². The van der Waals surface area contributed by atoms with E-state index in [2.05, 4.69) is 4.98 Å². The third kappa shape index (κ3) is 3.13. The molecule has 0 aliphatic rings. The number of ether oxygens (including phenoxy) is 2. The quantitative estimate of drug-likeness (QED) is 0.823. The number of H-pyrrole nitrogens is 1. The van der Waals surface area contributed by atoms with Gasteiger partial charge >= 0.3 is 5.97 Å². The molecule has 0 bridgehead atoms. The Bertz CT molecular complexity index is 588. The van der Waals surface area contributed by atoms with Gasteiger partial charge in [0.1, 0.15) is 5.75 Å². The largest absolute Gasteiger partial charge is 0.497 e. The van der Waals surface area contributed by atoms with Crippen molar-refractivity contribution in [3.63, 3.8) is 0 Å². The first-order valence-corrected chi connectivity index (χ1v) is 6.96. The van der Waals surface area contributed by atoms with Crippen molar-refractivity contribution in [2.45, 2.75) is 26.7 Å². The molecule has 0 amide bonds. The van der Waals surface area contributed by atoms with Crippen LogP contribution in [0.5, 0.6) is 5.75 Å². The van der Waals surface area contributed by atoms with Gasteiger partial charge in [0.2, 0.25) is 0 Å². The predicted molar refractivity (Wildman–Crippen MR) is 79.0 cm³/mol. The van der Waals surface area contributed by atoms with Crippen molar-refractivity contribution in [3.05, 3.63) is 30.0 Å². The second-order valence-electron chi connectivity index (χ2n) is 4.92. The average molecular weight is 275 g/mol. The van der Waals surface area contributed by atoms with Gasteiger partial charge in [0.25, 0.3) is 0 Å². The molecular weight excluding hydrogens is 254 g/mol. The summed E-state index contributed by atoms with van der Waals surface area (Å²) in [4.78, 5) is 14.9. The molecule has 0 aliphatic heterocycles. The second kappa shape index (κ2) is 6.46. The van der Waals surface area contributed by atoms with Gasteiger partial charge in [0.15, 0.2) is 0 Å². The fourth-order valence-electron chi connectivity index (χ4n) is 2.27. The van der Waals surface area contributed by atoms with Gasteiger partial charge in [0.05, 0.1) is 19.6 Å². The first-order chi connectivity index (χ1) is 9.65. The maximum atomic E-state index is 11.6. The monoisotopic (exact) mass is 275 g/mol. The lowest BCUT2D eigenvalue weighted by Crippen LogP contribution is -2.15. The van der Waals surface area contributed by atoms with E-state index >= 15 is 0 Å². The van der Waals surface area contributed by atoms with Crippen molar-refractivity contribution >= 4 is 16.9 Å². The van der Waals surface area contributed by atoms with Gasteiger partial charge in [-0.1, -0.05) is 6.92 Å². The molecule has 1 N–H and O–H groups in total. The molecule has 1 aromatic heterocycles. The molecular formula is C16H21NO3. The summed E-state index contributed by atoms with van der Waals surface area (Å²) in [6.07, 6.45) is 3.62. The summed E-state index contributed by atoms with van der Waals surface area (Å²) in [7, 11) is 1.66. The van der Waals surface area contributed by atoms with E-state index in [1.165, 1.54) is 5.56 Å². The molecule has 4 nitrogen and oxygen atoms in total. The first kappa shape index (κ1) is 14.4. The van der Waals surface area contributed by atoms with Crippen molar-refractivity contribution in [2.75, 3.05) is 13.7 Å². The third-order valence-electron chi connectivity index (χ3n) is 3.51. The predicted octanol–water partition coefficient (Wildman–Crippen LogP) is 3.31. The number of fused-ring (bicyclic) bond motifs is 1. The molecule has 2 aromatic rings. The summed E-state index contributed by atoms with van der Waals surface area (Å²) >= 11 is 0. The van der Waals surface area contributed by atoms with Gasteiger partial charge < -0.3 is 14.5 Å². The average Bonchev–Trinajstić information content (AvgIpc) is 2.87. The number of hydrogen-bond acceptors (Lipinski definition) is 3. The number of esters is 1. The van der Waals surface area contributed by atoms with Gasteiger partial charge in [-0.3, -0.25) is 4.79 Å². The minimum Gasteiger partial charge on any atom is -0.497 e. The highest BCUT2D eigenvalue weighted by atomic mass is 16.5. The Hall–Kier alpha value is -1.97. The van der Waals surface area contributed by atoms with E-state index in [-0.39, 0.29) is 11.9 Å². The topological polar surface area (TPSA) is 51.3 Å². The molecule has 1 atom stereocenters. The Kier molecular flexibility index (Phi) is 4.66. The van der Waals surface area contributed by atoms with Crippen LogP contribution in [0.3, 0.4) is 0 Å². The van der Waals surface area contributed by atoms with Crippen LogP contribution < -0.4 is 4.74 Å². The van der Waals surface area contributed by atoms with E-state index in [0.717, 1.165) is 29.5 Å². The molecule has 0 saturated carbocycles. The van der Waals surface area contributed by atoms with Crippen molar-refractivity contribution in [2.24, 2.45) is 5.92 Å². The molecule has 108 valence electrons. The Morgan fingerprint density at radius 3 is 2.90 bits per heavy atom. The van der Waals surface area contributed by atoms with Crippen LogP contribution >= 0.6 is 0 Å². The standard InChI is InChI=1S/C16H21NO3/c1-4-20-16(18)11(2)5-6-12-10-17-15-8-7-13(19-3)9-14(12)15/h7-11,17H,4-6H2,1-3H3. The van der Waals surface area contributed by atoms with Gasteiger partial charge in [-0.05, 0) is 43.5 Å². The van der Waals surface area contributed by atoms with E-state index in [1.807, 2.05) is 38.2 Å². The lowest BCUT2D eigenvalue weighted by atomic mass is 10.0. The fourth-order valence-corrected chi connectivity index (χ4v) is 2.27. The SMILES string of the molecule is CCOC(=O)C(C)CCc1c[nH]c2ccc(OC)cc12. The van der Waals surface area contributed by atoms with Crippen molar-refractivity contribution in [3.8, 4) is 5.75 Å². The zero-order valence-corrected chi connectivity index (χ0v) is 12.2. The minimum atomic E-state index is -0.120. The van der Waals surface area contributed by atoms with E-state index in [9.17, 15) is 4.79 Å². The second-order valence-corrected chi connectivity index (χ2v) is 4.92. The van der Waals surface area contributed by atoms with Crippen LogP contribution in [0.1, 0.15) is 25.8 Å². The van der Waals surface area contributed by atoms with Crippen LogP contribution in [0.2, 0.25) is 0 Å². The van der Waals surface area contributed by atoms with Gasteiger partial charge in [-0.25, -0.2) is 0 Å². The van der Waals surface area contributed by atoms with Crippen molar-refractivity contribution < 1.29 is 14.3 Å². The smallest absolute Gasteiger partial charge is 0.308 e. The molecule has 0 aliphatic carbocycles. The van der Waals surface area contributed by atoms with Crippen LogP contribution in [0.4, 0.5) is 0 Å². The van der Waals surface area contributed by atoms with Crippen LogP contribution in [0.25, 0.3) is 10.9 Å². The number of methoxy groups -OCH3 is 1. The molecule has 1 heterocycles. The highest BCUT2D eigenvalue weighted by Crippen LogP contribution is 2.25. The van der Waals surface area contributed by atoms with Crippen LogP contribution in [-0.2, 0) is 16.0 Å². The Morgan fingerprint density at radius 1 is 1.40 bits per heavy atom. The number of carbonyl (C=O) groups is 1. The molecule has 20 heavy (non-hydrogen) atoms. The Morgan fingerprint density at radius 2 is 2.20 bits per heavy atom. The van der Waals surface area contributed by atoms with E-state index in [0.29, 0.717) is 6.61 Å². The number of hydrogen-bond donors (Lipinski definition) is 1. The molecule has 4 heteroatoms. The van der Waals surface area contributed by atoms with Gasteiger partial charge in [-0.2, -0.15) is 0 Å². The summed E-state index contributed by atoms with van der Waals surface area (Å²) < 4.78 is 10.3. The highest BCUT2D eigenvalue weighted by Gasteiger charge is 2.15. The summed E-state index contributed by atoms with van der Waals surface area (Å²) in [6.45, 7) is 4.18. The molecule has 0 radical (unpaired) electrons. The summed E-state index contributed by atoms with van der Waals surface area (Å²) in [5.41, 5.74) is 2.29. The third-order valence-corrected chi connectivity index (χ3v) is 3.51. The molecule has 0 saturated heterocycles. The lowest BCUT2D eigenvalue weighted by Gasteiger charge is -2.09. The van der Waals surface area contributed by atoms with Crippen LogP contribution in [0.15, 0.2) is 24.4 Å². The number of carbonyl (C=O) groups excluding carboxylic acids is 1. The zero-order valence-electron chi connectivity index (χ0n) is 12.2. The fraction of sp³-hybridized carbons (Fsp3) is 0.438. The number of rotatable bonds is 6. The molecule has 0 fully saturated rings. The highest BCUT2D eigenvalue weighted by molar-refractivity contribution is 5.84. The lowest BCUT2D eigenvalue weighted by molar-refractivity contribution is -0.147.